The lowest BCUT2D eigenvalue weighted by Gasteiger charge is -2.31. The Balaban J connectivity index is 1.64. The van der Waals surface area contributed by atoms with E-state index in [0.717, 1.165) is 44.4 Å². The van der Waals surface area contributed by atoms with Crippen LogP contribution in [0.25, 0.3) is 0 Å². The fraction of sp³-hybridized carbons (Fsp3) is 0.810. The molecule has 2 fully saturated rings. The number of hydrogen-bond acceptors (Lipinski definition) is 3. The molecule has 0 aromatic heterocycles. The van der Waals surface area contributed by atoms with Gasteiger partial charge in [-0.2, -0.15) is 5.26 Å². The molecule has 0 aromatic rings. The molecule has 0 unspecified atom stereocenters. The number of hydrogen-bond donors (Lipinski definition) is 0. The third kappa shape index (κ3) is 6.30. The zero-order valence-corrected chi connectivity index (χ0v) is 15.2. The molecule has 2 saturated carbocycles. The molecule has 0 N–H and O–H groups in total. The molecule has 0 heterocycles. The van der Waals surface area contributed by atoms with Crippen molar-refractivity contribution in [3.05, 3.63) is 12.2 Å². The zero-order valence-electron chi connectivity index (χ0n) is 15.2. The second-order valence-corrected chi connectivity index (χ2v) is 7.68. The van der Waals surface area contributed by atoms with Gasteiger partial charge in [0.05, 0.1) is 12.0 Å². The lowest BCUT2D eigenvalue weighted by molar-refractivity contribution is -0.157. The van der Waals surface area contributed by atoms with Crippen LogP contribution in [0.3, 0.4) is 0 Å². The van der Waals surface area contributed by atoms with Crippen LogP contribution in [-0.4, -0.2) is 12.1 Å². The number of unbranched alkanes of at least 4 members (excludes halogenated alkanes) is 2. The van der Waals surface area contributed by atoms with Crippen LogP contribution in [-0.2, 0) is 9.53 Å². The maximum atomic E-state index is 12.4. The summed E-state index contributed by atoms with van der Waals surface area (Å²) in [5.41, 5.74) is 0. The van der Waals surface area contributed by atoms with E-state index in [-0.39, 0.29) is 18.0 Å². The highest BCUT2D eigenvalue weighted by molar-refractivity contribution is 5.72. The minimum Gasteiger partial charge on any atom is -0.462 e. The highest BCUT2D eigenvalue weighted by Gasteiger charge is 2.30. The van der Waals surface area contributed by atoms with Gasteiger partial charge in [0.1, 0.15) is 6.10 Å². The third-order valence-electron chi connectivity index (χ3n) is 5.84. The number of ether oxygens (including phenoxy) is 1. The lowest BCUT2D eigenvalue weighted by Crippen LogP contribution is -2.30. The molecule has 2 aliphatic rings. The fourth-order valence-corrected chi connectivity index (χ4v) is 4.21. The van der Waals surface area contributed by atoms with Crippen molar-refractivity contribution in [2.75, 3.05) is 0 Å². The van der Waals surface area contributed by atoms with Crippen LogP contribution < -0.4 is 0 Å². The first-order chi connectivity index (χ1) is 11.7. The summed E-state index contributed by atoms with van der Waals surface area (Å²) in [7, 11) is 0. The predicted molar refractivity (Wildman–Crippen MR) is 96.2 cm³/mol. The van der Waals surface area contributed by atoms with Crippen LogP contribution in [0.15, 0.2) is 12.2 Å². The molecule has 24 heavy (non-hydrogen) atoms. The Bertz CT molecular complexity index is 435. The van der Waals surface area contributed by atoms with Gasteiger partial charge in [0.15, 0.2) is 0 Å². The molecular formula is C21H33NO2. The van der Waals surface area contributed by atoms with E-state index < -0.39 is 0 Å². The fourth-order valence-electron chi connectivity index (χ4n) is 4.21. The largest absolute Gasteiger partial charge is 0.462 e. The number of allylic oxidation sites excluding steroid dienone is 2. The number of carbonyl (C=O) groups excluding carboxylic acids is 1. The first-order valence-electron chi connectivity index (χ1n) is 9.99. The molecule has 0 spiro atoms. The van der Waals surface area contributed by atoms with Crippen molar-refractivity contribution in [2.24, 2.45) is 17.8 Å². The van der Waals surface area contributed by atoms with Crippen LogP contribution in [0.2, 0.25) is 0 Å². The standard InChI is InChI=1S/C21H33NO2/c1-2-3-4-6-17-10-14-20(15-11-17)24-21(23)19-12-8-18(9-13-19)7-5-16-22/h5,7,17-20H,2-4,6,8-15H2,1H3/b7-5+. The molecule has 3 heteroatoms. The van der Waals surface area contributed by atoms with Gasteiger partial charge in [-0.3, -0.25) is 4.79 Å². The van der Waals surface area contributed by atoms with Crippen LogP contribution >= 0.6 is 0 Å². The van der Waals surface area contributed by atoms with Gasteiger partial charge in [0.2, 0.25) is 0 Å². The maximum Gasteiger partial charge on any atom is 0.309 e. The Morgan fingerprint density at radius 3 is 2.42 bits per heavy atom. The molecule has 134 valence electrons. The van der Waals surface area contributed by atoms with Gasteiger partial charge in [-0.15, -0.1) is 0 Å². The van der Waals surface area contributed by atoms with E-state index in [9.17, 15) is 4.79 Å². The molecular weight excluding hydrogens is 298 g/mol. The van der Waals surface area contributed by atoms with E-state index in [2.05, 4.69) is 13.0 Å². The van der Waals surface area contributed by atoms with Gasteiger partial charge < -0.3 is 4.74 Å². The first-order valence-corrected chi connectivity index (χ1v) is 9.99. The molecule has 0 radical (unpaired) electrons. The SMILES string of the molecule is CCCCCC1CCC(OC(=O)C2CCC(/C=C/C#N)CC2)CC1. The molecule has 0 atom stereocenters. The molecule has 2 rings (SSSR count). The normalized spacial score (nSPS) is 30.8. The Morgan fingerprint density at radius 1 is 1.08 bits per heavy atom. The Hall–Kier alpha value is -1.30. The van der Waals surface area contributed by atoms with Crippen molar-refractivity contribution in [1.82, 2.24) is 0 Å². The third-order valence-corrected chi connectivity index (χ3v) is 5.84. The van der Waals surface area contributed by atoms with Gasteiger partial charge in [-0.1, -0.05) is 38.7 Å². The van der Waals surface area contributed by atoms with Gasteiger partial charge in [-0.25, -0.2) is 0 Å². The minimum atomic E-state index is 0.0344. The molecule has 0 aromatic carbocycles. The van der Waals surface area contributed by atoms with Gasteiger partial charge in [0.25, 0.3) is 0 Å². The van der Waals surface area contributed by atoms with E-state index >= 15 is 0 Å². The topological polar surface area (TPSA) is 50.1 Å². The summed E-state index contributed by atoms with van der Waals surface area (Å²) in [4.78, 5) is 12.4. The number of nitriles is 1. The van der Waals surface area contributed by atoms with E-state index in [1.165, 1.54) is 38.5 Å². The maximum absolute atomic E-state index is 12.4. The lowest BCUT2D eigenvalue weighted by atomic mass is 9.81. The molecule has 0 amide bonds. The summed E-state index contributed by atoms with van der Waals surface area (Å²) in [5, 5.41) is 8.59. The van der Waals surface area contributed by atoms with Crippen molar-refractivity contribution >= 4 is 5.97 Å². The second kappa shape index (κ2) is 10.5. The van der Waals surface area contributed by atoms with Crippen molar-refractivity contribution in [1.29, 1.82) is 5.26 Å². The molecule has 2 aliphatic carbocycles. The zero-order chi connectivity index (χ0) is 17.2. The summed E-state index contributed by atoms with van der Waals surface area (Å²) in [6, 6.07) is 2.05. The van der Waals surface area contributed by atoms with Gasteiger partial charge in [0, 0.05) is 6.08 Å². The van der Waals surface area contributed by atoms with Crippen molar-refractivity contribution in [2.45, 2.75) is 90.1 Å². The molecule has 0 saturated heterocycles. The molecule has 0 aliphatic heterocycles. The summed E-state index contributed by atoms with van der Waals surface area (Å²) in [6.07, 6.45) is 17.5. The summed E-state index contributed by atoms with van der Waals surface area (Å²) in [5.74, 6) is 1.44. The van der Waals surface area contributed by atoms with Crippen molar-refractivity contribution in [3.8, 4) is 6.07 Å². The molecule has 3 nitrogen and oxygen atoms in total. The highest BCUT2D eigenvalue weighted by atomic mass is 16.5. The highest BCUT2D eigenvalue weighted by Crippen LogP contribution is 2.33. The number of nitrogens with zero attached hydrogens (tertiary/aromatic N) is 1. The van der Waals surface area contributed by atoms with Crippen LogP contribution in [0.1, 0.15) is 84.0 Å². The van der Waals surface area contributed by atoms with Crippen molar-refractivity contribution in [3.63, 3.8) is 0 Å². The Morgan fingerprint density at radius 2 is 1.79 bits per heavy atom. The van der Waals surface area contributed by atoms with E-state index in [1.54, 1.807) is 6.08 Å². The Labute approximate surface area is 147 Å². The summed E-state index contributed by atoms with van der Waals surface area (Å²) >= 11 is 0. The summed E-state index contributed by atoms with van der Waals surface area (Å²) < 4.78 is 5.81. The minimum absolute atomic E-state index is 0.0344. The first kappa shape index (κ1) is 19.0. The Kier molecular flexibility index (Phi) is 8.36. The van der Waals surface area contributed by atoms with E-state index in [0.29, 0.717) is 5.92 Å². The van der Waals surface area contributed by atoms with Crippen LogP contribution in [0.4, 0.5) is 0 Å². The predicted octanol–water partition coefficient (Wildman–Crippen LogP) is 5.55. The molecule has 0 bridgehead atoms. The van der Waals surface area contributed by atoms with E-state index in [1.807, 2.05) is 6.08 Å². The average Bonchev–Trinajstić information content (AvgIpc) is 2.62. The van der Waals surface area contributed by atoms with Gasteiger partial charge in [-0.05, 0) is 63.2 Å². The van der Waals surface area contributed by atoms with Crippen molar-refractivity contribution < 1.29 is 9.53 Å². The monoisotopic (exact) mass is 331 g/mol. The number of esters is 1. The number of carbonyl (C=O) groups is 1. The van der Waals surface area contributed by atoms with Gasteiger partial charge >= 0.3 is 5.97 Å². The van der Waals surface area contributed by atoms with Crippen LogP contribution in [0.5, 0.6) is 0 Å². The number of rotatable bonds is 7. The van der Waals surface area contributed by atoms with E-state index in [4.69, 9.17) is 10.00 Å². The van der Waals surface area contributed by atoms with Crippen LogP contribution in [0, 0.1) is 29.1 Å². The smallest absolute Gasteiger partial charge is 0.309 e. The quantitative estimate of drug-likeness (QED) is 0.349. The second-order valence-electron chi connectivity index (χ2n) is 7.68. The summed E-state index contributed by atoms with van der Waals surface area (Å²) in [6.45, 7) is 2.25. The average molecular weight is 332 g/mol.